The summed E-state index contributed by atoms with van der Waals surface area (Å²) in [4.78, 5) is 20.6. The number of hydrogen-bond acceptors (Lipinski definition) is 6. The van der Waals surface area contributed by atoms with E-state index in [1.165, 1.54) is 0 Å². The number of anilines is 1. The molecule has 4 heterocycles. The van der Waals surface area contributed by atoms with E-state index >= 15 is 0 Å². The molecular weight excluding hydrogens is 292 g/mol. The third kappa shape index (κ3) is 2.45. The zero-order chi connectivity index (χ0) is 14.2. The number of imidazole rings is 1. The molecule has 0 saturated carbocycles. The fraction of sp³-hybridized carbons (Fsp3) is 0.615. The highest BCUT2D eigenvalue weighted by atomic mass is 35.5. The van der Waals surface area contributed by atoms with Crippen LogP contribution in [-0.2, 0) is 4.74 Å². The number of H-pyrrole nitrogens is 1. The second-order valence-corrected chi connectivity index (χ2v) is 5.79. The number of nitrogens with one attached hydrogen (secondary N) is 1. The van der Waals surface area contributed by atoms with Crippen molar-refractivity contribution in [1.82, 2.24) is 24.8 Å². The lowest BCUT2D eigenvalue weighted by molar-refractivity contribution is 0.0209. The van der Waals surface area contributed by atoms with E-state index in [2.05, 4.69) is 29.7 Å². The number of rotatable bonds is 2. The summed E-state index contributed by atoms with van der Waals surface area (Å²) >= 11 is 6.01. The molecule has 2 fully saturated rings. The molecule has 2 aromatic rings. The van der Waals surface area contributed by atoms with Gasteiger partial charge in [0, 0.05) is 32.2 Å². The SMILES string of the molecule is Clc1nc(N2CCC(N3CCOCC3)C2)c2[nH]cnc2n1. The van der Waals surface area contributed by atoms with Crippen molar-refractivity contribution < 1.29 is 4.74 Å². The van der Waals surface area contributed by atoms with Gasteiger partial charge >= 0.3 is 0 Å². The number of aromatic amines is 1. The van der Waals surface area contributed by atoms with E-state index < -0.39 is 0 Å². The molecule has 0 aromatic carbocycles. The van der Waals surface area contributed by atoms with Crippen LogP contribution in [0.15, 0.2) is 6.33 Å². The minimum absolute atomic E-state index is 0.249. The summed E-state index contributed by atoms with van der Waals surface area (Å²) in [5.41, 5.74) is 1.49. The van der Waals surface area contributed by atoms with Crippen molar-refractivity contribution in [3.63, 3.8) is 0 Å². The fourth-order valence-corrected chi connectivity index (χ4v) is 3.36. The molecule has 1 unspecified atom stereocenters. The summed E-state index contributed by atoms with van der Waals surface area (Å²) in [5, 5.41) is 0.249. The van der Waals surface area contributed by atoms with Crippen LogP contribution >= 0.6 is 11.6 Å². The van der Waals surface area contributed by atoms with Crippen molar-refractivity contribution in [2.45, 2.75) is 12.5 Å². The maximum Gasteiger partial charge on any atom is 0.226 e. The molecule has 8 heteroatoms. The molecular formula is C13H17ClN6O. The first-order chi connectivity index (χ1) is 10.3. The van der Waals surface area contributed by atoms with Crippen molar-refractivity contribution in [2.75, 3.05) is 44.3 Å². The topological polar surface area (TPSA) is 70.2 Å². The Balaban J connectivity index is 1.57. The second kappa shape index (κ2) is 5.40. The van der Waals surface area contributed by atoms with Gasteiger partial charge in [0.05, 0.1) is 19.5 Å². The molecule has 2 aliphatic rings. The molecule has 0 spiro atoms. The zero-order valence-electron chi connectivity index (χ0n) is 11.6. The number of nitrogens with zero attached hydrogens (tertiary/aromatic N) is 5. The molecule has 4 rings (SSSR count). The zero-order valence-corrected chi connectivity index (χ0v) is 12.4. The first-order valence-corrected chi connectivity index (χ1v) is 7.62. The molecule has 112 valence electrons. The Morgan fingerprint density at radius 2 is 2.10 bits per heavy atom. The first-order valence-electron chi connectivity index (χ1n) is 7.24. The van der Waals surface area contributed by atoms with E-state index in [4.69, 9.17) is 16.3 Å². The van der Waals surface area contributed by atoms with Gasteiger partial charge in [0.1, 0.15) is 5.52 Å². The number of hydrogen-bond donors (Lipinski definition) is 1. The Kier molecular flexibility index (Phi) is 3.40. The van der Waals surface area contributed by atoms with Gasteiger partial charge < -0.3 is 14.6 Å². The van der Waals surface area contributed by atoms with Gasteiger partial charge in [-0.2, -0.15) is 9.97 Å². The van der Waals surface area contributed by atoms with E-state index in [9.17, 15) is 0 Å². The molecule has 0 aliphatic carbocycles. The van der Waals surface area contributed by atoms with Crippen LogP contribution in [0.4, 0.5) is 5.82 Å². The summed E-state index contributed by atoms with van der Waals surface area (Å²) < 4.78 is 5.43. The molecule has 2 saturated heterocycles. The average molecular weight is 309 g/mol. The van der Waals surface area contributed by atoms with Crippen molar-refractivity contribution in [3.05, 3.63) is 11.6 Å². The van der Waals surface area contributed by atoms with Gasteiger partial charge in [0.2, 0.25) is 5.28 Å². The summed E-state index contributed by atoms with van der Waals surface area (Å²) in [7, 11) is 0. The lowest BCUT2D eigenvalue weighted by Gasteiger charge is -2.32. The van der Waals surface area contributed by atoms with Crippen LogP contribution in [0.2, 0.25) is 5.28 Å². The highest BCUT2D eigenvalue weighted by Gasteiger charge is 2.30. The lowest BCUT2D eigenvalue weighted by atomic mass is 10.2. The Bertz CT molecular complexity index is 641. The highest BCUT2D eigenvalue weighted by Crippen LogP contribution is 2.27. The average Bonchev–Trinajstić information content (AvgIpc) is 3.16. The number of aromatic nitrogens is 4. The largest absolute Gasteiger partial charge is 0.379 e. The van der Waals surface area contributed by atoms with E-state index in [0.717, 1.165) is 57.1 Å². The lowest BCUT2D eigenvalue weighted by Crippen LogP contribution is -2.44. The van der Waals surface area contributed by atoms with Gasteiger partial charge in [-0.1, -0.05) is 0 Å². The third-order valence-corrected chi connectivity index (χ3v) is 4.43. The summed E-state index contributed by atoms with van der Waals surface area (Å²) in [6, 6.07) is 0.556. The first kappa shape index (κ1) is 13.2. The Morgan fingerprint density at radius 3 is 2.95 bits per heavy atom. The predicted octanol–water partition coefficient (Wildman–Crippen LogP) is 0.917. The smallest absolute Gasteiger partial charge is 0.226 e. The molecule has 7 nitrogen and oxygen atoms in total. The molecule has 0 radical (unpaired) electrons. The fourth-order valence-electron chi connectivity index (χ4n) is 3.20. The Hall–Kier alpha value is -1.44. The summed E-state index contributed by atoms with van der Waals surface area (Å²) in [6.07, 6.45) is 2.77. The van der Waals surface area contributed by atoms with Gasteiger partial charge in [-0.15, -0.1) is 0 Å². The molecule has 1 N–H and O–H groups in total. The van der Waals surface area contributed by atoms with Gasteiger partial charge in [0.25, 0.3) is 0 Å². The third-order valence-electron chi connectivity index (χ3n) is 4.26. The van der Waals surface area contributed by atoms with Crippen LogP contribution in [0.1, 0.15) is 6.42 Å². The van der Waals surface area contributed by atoms with Gasteiger partial charge in [-0.3, -0.25) is 4.90 Å². The molecule has 2 aromatic heterocycles. The quantitative estimate of drug-likeness (QED) is 0.832. The minimum atomic E-state index is 0.249. The van der Waals surface area contributed by atoms with Gasteiger partial charge in [0.15, 0.2) is 11.5 Å². The van der Waals surface area contributed by atoms with Crippen LogP contribution in [0.5, 0.6) is 0 Å². The molecule has 0 amide bonds. The Morgan fingerprint density at radius 1 is 1.24 bits per heavy atom. The maximum absolute atomic E-state index is 6.01. The number of fused-ring (bicyclic) bond motifs is 1. The summed E-state index contributed by atoms with van der Waals surface area (Å²) in [5.74, 6) is 0.859. The van der Waals surface area contributed by atoms with Crippen molar-refractivity contribution in [2.24, 2.45) is 0 Å². The monoisotopic (exact) mass is 308 g/mol. The van der Waals surface area contributed by atoms with Crippen molar-refractivity contribution in [3.8, 4) is 0 Å². The number of morpholine rings is 1. The standard InChI is InChI=1S/C13H17ClN6O/c14-13-17-11-10(15-8-16-11)12(18-13)20-2-1-9(7-20)19-3-5-21-6-4-19/h8-9H,1-7H2,(H,15,16,17,18). The normalized spacial score (nSPS) is 24.0. The van der Waals surface area contributed by atoms with Gasteiger partial charge in [-0.25, -0.2) is 4.98 Å². The van der Waals surface area contributed by atoms with E-state index in [0.29, 0.717) is 11.7 Å². The van der Waals surface area contributed by atoms with Crippen LogP contribution in [0.3, 0.4) is 0 Å². The Labute approximate surface area is 127 Å². The van der Waals surface area contributed by atoms with E-state index in [-0.39, 0.29) is 5.28 Å². The minimum Gasteiger partial charge on any atom is -0.379 e. The maximum atomic E-state index is 6.01. The van der Waals surface area contributed by atoms with Gasteiger partial charge in [-0.05, 0) is 18.0 Å². The van der Waals surface area contributed by atoms with Crippen LogP contribution in [-0.4, -0.2) is 70.3 Å². The molecule has 2 aliphatic heterocycles. The highest BCUT2D eigenvalue weighted by molar-refractivity contribution is 6.28. The van der Waals surface area contributed by atoms with Crippen molar-refractivity contribution in [1.29, 1.82) is 0 Å². The summed E-state index contributed by atoms with van der Waals surface area (Å²) in [6.45, 7) is 5.64. The van der Waals surface area contributed by atoms with Crippen LogP contribution in [0, 0.1) is 0 Å². The van der Waals surface area contributed by atoms with E-state index in [1.807, 2.05) is 0 Å². The molecule has 1 atom stereocenters. The predicted molar refractivity (Wildman–Crippen MR) is 79.7 cm³/mol. The number of halogens is 1. The van der Waals surface area contributed by atoms with Crippen LogP contribution in [0.25, 0.3) is 11.2 Å². The molecule has 21 heavy (non-hydrogen) atoms. The second-order valence-electron chi connectivity index (χ2n) is 5.45. The van der Waals surface area contributed by atoms with Crippen LogP contribution < -0.4 is 4.90 Å². The number of ether oxygens (including phenoxy) is 1. The molecule has 0 bridgehead atoms. The van der Waals surface area contributed by atoms with E-state index in [1.54, 1.807) is 6.33 Å². The van der Waals surface area contributed by atoms with Crippen molar-refractivity contribution >= 4 is 28.6 Å².